The highest BCUT2D eigenvalue weighted by molar-refractivity contribution is 5.66. The van der Waals surface area contributed by atoms with Crippen LogP contribution in [0.4, 0.5) is 0 Å². The van der Waals surface area contributed by atoms with Gasteiger partial charge in [0.05, 0.1) is 0 Å². The largest absolute Gasteiger partial charge is 0.481 e. The number of carboxylic acid groups (broad SMARTS) is 1. The maximum absolute atomic E-state index is 10.3. The van der Waals surface area contributed by atoms with Gasteiger partial charge in [0.25, 0.3) is 0 Å². The van der Waals surface area contributed by atoms with Crippen molar-refractivity contribution >= 4 is 5.97 Å². The maximum Gasteiger partial charge on any atom is 0.303 e. The Kier molecular flexibility index (Phi) is 4.04. The molecule has 14 heavy (non-hydrogen) atoms. The molecule has 0 fully saturated rings. The number of nitrogens with zero attached hydrogens (tertiary/aromatic N) is 2. The molecule has 1 heterocycles. The Balaban J connectivity index is 2.46. The van der Waals surface area contributed by atoms with Crippen LogP contribution < -0.4 is 0 Å². The molecule has 1 N–H and O–H groups in total. The Labute approximate surface area is 83.0 Å². The molecule has 0 unspecified atom stereocenters. The fraction of sp³-hybridized carbons (Fsp3) is 0.500. The first kappa shape index (κ1) is 10.6. The Morgan fingerprint density at radius 2 is 2.36 bits per heavy atom. The molecule has 76 valence electrons. The summed E-state index contributed by atoms with van der Waals surface area (Å²) in [5, 5.41) is 8.45. The zero-order valence-corrected chi connectivity index (χ0v) is 8.23. The van der Waals surface area contributed by atoms with Crippen LogP contribution in [0.1, 0.15) is 31.3 Å². The van der Waals surface area contributed by atoms with Crippen molar-refractivity contribution < 1.29 is 9.90 Å². The summed E-state index contributed by atoms with van der Waals surface area (Å²) in [6, 6.07) is 1.88. The van der Waals surface area contributed by atoms with E-state index in [4.69, 9.17) is 5.11 Å². The van der Waals surface area contributed by atoms with E-state index in [0.29, 0.717) is 12.8 Å². The van der Waals surface area contributed by atoms with Crippen LogP contribution in [-0.4, -0.2) is 21.0 Å². The van der Waals surface area contributed by atoms with E-state index in [2.05, 4.69) is 9.97 Å². The second kappa shape index (κ2) is 5.32. The molecule has 4 nitrogen and oxygen atoms in total. The Morgan fingerprint density at radius 3 is 3.00 bits per heavy atom. The first-order valence-corrected chi connectivity index (χ1v) is 4.75. The number of carbonyl (C=O) groups is 1. The van der Waals surface area contributed by atoms with Crippen LogP contribution in [0.5, 0.6) is 0 Å². The summed E-state index contributed by atoms with van der Waals surface area (Å²) in [4.78, 5) is 18.6. The number of carboxylic acids is 1. The SMILES string of the molecule is CCc1ccnc(CCCC(=O)O)n1. The molecule has 0 spiro atoms. The maximum atomic E-state index is 10.3. The lowest BCUT2D eigenvalue weighted by atomic mass is 10.2. The number of rotatable bonds is 5. The van der Waals surface area contributed by atoms with E-state index in [1.165, 1.54) is 0 Å². The van der Waals surface area contributed by atoms with Crippen LogP contribution in [0.3, 0.4) is 0 Å². The van der Waals surface area contributed by atoms with Gasteiger partial charge in [0.15, 0.2) is 0 Å². The highest BCUT2D eigenvalue weighted by Gasteiger charge is 2.00. The van der Waals surface area contributed by atoms with Gasteiger partial charge in [-0.25, -0.2) is 9.97 Å². The van der Waals surface area contributed by atoms with Crippen LogP contribution in [0.2, 0.25) is 0 Å². The summed E-state index contributed by atoms with van der Waals surface area (Å²) in [5.74, 6) is -0.0257. The molecule has 0 aliphatic rings. The Morgan fingerprint density at radius 1 is 1.57 bits per heavy atom. The van der Waals surface area contributed by atoms with Crippen molar-refractivity contribution in [1.29, 1.82) is 0 Å². The highest BCUT2D eigenvalue weighted by Crippen LogP contribution is 2.01. The van der Waals surface area contributed by atoms with E-state index in [1.54, 1.807) is 6.20 Å². The van der Waals surface area contributed by atoms with Crippen molar-refractivity contribution in [2.45, 2.75) is 32.6 Å². The first-order chi connectivity index (χ1) is 6.72. The van der Waals surface area contributed by atoms with Gasteiger partial charge < -0.3 is 5.11 Å². The molecule has 0 aliphatic heterocycles. The summed E-state index contributed by atoms with van der Waals surface area (Å²) in [6.07, 6.45) is 4.03. The van der Waals surface area contributed by atoms with Gasteiger partial charge in [0.1, 0.15) is 5.82 Å². The molecular formula is C10H14N2O2. The van der Waals surface area contributed by atoms with E-state index in [-0.39, 0.29) is 6.42 Å². The average molecular weight is 194 g/mol. The van der Waals surface area contributed by atoms with Crippen molar-refractivity contribution in [2.75, 3.05) is 0 Å². The van der Waals surface area contributed by atoms with Crippen LogP contribution in [0, 0.1) is 0 Å². The lowest BCUT2D eigenvalue weighted by Gasteiger charge is -2.00. The third kappa shape index (κ3) is 3.51. The monoisotopic (exact) mass is 194 g/mol. The average Bonchev–Trinajstić information content (AvgIpc) is 2.18. The molecule has 0 aliphatic carbocycles. The molecule has 1 rings (SSSR count). The molecule has 0 amide bonds. The molecule has 0 saturated heterocycles. The number of hydrogen-bond donors (Lipinski definition) is 1. The van der Waals surface area contributed by atoms with Crippen molar-refractivity contribution in [3.05, 3.63) is 23.8 Å². The van der Waals surface area contributed by atoms with Crippen molar-refractivity contribution in [2.24, 2.45) is 0 Å². The molecule has 0 bridgehead atoms. The molecule has 0 saturated carbocycles. The van der Waals surface area contributed by atoms with Crippen molar-refractivity contribution in [3.63, 3.8) is 0 Å². The molecule has 1 aromatic rings. The molecule has 0 aromatic carbocycles. The summed E-state index contributed by atoms with van der Waals surface area (Å²) in [5.41, 5.74) is 1.00. The zero-order valence-electron chi connectivity index (χ0n) is 8.23. The van der Waals surface area contributed by atoms with E-state index in [0.717, 1.165) is 17.9 Å². The van der Waals surface area contributed by atoms with Gasteiger partial charge >= 0.3 is 5.97 Å². The van der Waals surface area contributed by atoms with Gasteiger partial charge in [-0.3, -0.25) is 4.79 Å². The van der Waals surface area contributed by atoms with Gasteiger partial charge in [0, 0.05) is 24.7 Å². The first-order valence-electron chi connectivity index (χ1n) is 4.75. The third-order valence-corrected chi connectivity index (χ3v) is 1.92. The van der Waals surface area contributed by atoms with Crippen molar-refractivity contribution in [1.82, 2.24) is 9.97 Å². The minimum absolute atomic E-state index is 0.180. The lowest BCUT2D eigenvalue weighted by molar-refractivity contribution is -0.137. The second-order valence-corrected chi connectivity index (χ2v) is 3.07. The predicted octanol–water partition coefficient (Wildman–Crippen LogP) is 1.45. The molecule has 0 atom stereocenters. The number of hydrogen-bond acceptors (Lipinski definition) is 3. The molecular weight excluding hydrogens is 180 g/mol. The van der Waals surface area contributed by atoms with Gasteiger partial charge in [-0.2, -0.15) is 0 Å². The molecule has 1 aromatic heterocycles. The van der Waals surface area contributed by atoms with Gasteiger partial charge in [-0.05, 0) is 18.9 Å². The Bertz CT molecular complexity index is 313. The number of aliphatic carboxylic acids is 1. The zero-order chi connectivity index (χ0) is 10.4. The van der Waals surface area contributed by atoms with E-state index in [9.17, 15) is 4.79 Å². The van der Waals surface area contributed by atoms with Gasteiger partial charge in [0.2, 0.25) is 0 Å². The number of aromatic nitrogens is 2. The highest BCUT2D eigenvalue weighted by atomic mass is 16.4. The van der Waals surface area contributed by atoms with Gasteiger partial charge in [-0.1, -0.05) is 6.92 Å². The van der Waals surface area contributed by atoms with E-state index in [1.807, 2.05) is 13.0 Å². The minimum atomic E-state index is -0.767. The van der Waals surface area contributed by atoms with Gasteiger partial charge in [-0.15, -0.1) is 0 Å². The van der Waals surface area contributed by atoms with Crippen LogP contribution in [-0.2, 0) is 17.6 Å². The lowest BCUT2D eigenvalue weighted by Crippen LogP contribution is -2.01. The van der Waals surface area contributed by atoms with Crippen LogP contribution in [0.15, 0.2) is 12.3 Å². The summed E-state index contributed by atoms with van der Waals surface area (Å²) >= 11 is 0. The van der Waals surface area contributed by atoms with Crippen LogP contribution in [0.25, 0.3) is 0 Å². The molecule has 4 heteroatoms. The smallest absolute Gasteiger partial charge is 0.303 e. The molecule has 0 radical (unpaired) electrons. The fourth-order valence-electron chi connectivity index (χ4n) is 1.16. The minimum Gasteiger partial charge on any atom is -0.481 e. The third-order valence-electron chi connectivity index (χ3n) is 1.92. The summed E-state index contributed by atoms with van der Waals surface area (Å²) in [6.45, 7) is 2.03. The standard InChI is InChI=1S/C10H14N2O2/c1-2-8-6-7-11-9(12-8)4-3-5-10(13)14/h6-7H,2-5H2,1H3,(H,13,14). The topological polar surface area (TPSA) is 63.1 Å². The fourth-order valence-corrected chi connectivity index (χ4v) is 1.16. The normalized spacial score (nSPS) is 10.1. The summed E-state index contributed by atoms with van der Waals surface area (Å²) in [7, 11) is 0. The summed E-state index contributed by atoms with van der Waals surface area (Å²) < 4.78 is 0. The predicted molar refractivity (Wildman–Crippen MR) is 52.0 cm³/mol. The van der Waals surface area contributed by atoms with E-state index >= 15 is 0 Å². The van der Waals surface area contributed by atoms with Crippen molar-refractivity contribution in [3.8, 4) is 0 Å². The number of aryl methyl sites for hydroxylation is 2. The Hall–Kier alpha value is -1.45. The van der Waals surface area contributed by atoms with E-state index < -0.39 is 5.97 Å². The quantitative estimate of drug-likeness (QED) is 0.770. The second-order valence-electron chi connectivity index (χ2n) is 3.07. The van der Waals surface area contributed by atoms with Crippen LogP contribution >= 0.6 is 0 Å².